The molecular formula is C16H16N2O2. The van der Waals surface area contributed by atoms with Crippen molar-refractivity contribution in [1.82, 2.24) is 9.78 Å². The van der Waals surface area contributed by atoms with Crippen LogP contribution >= 0.6 is 0 Å². The van der Waals surface area contributed by atoms with Crippen molar-refractivity contribution in [2.75, 3.05) is 0 Å². The minimum absolute atomic E-state index is 0.124. The maximum atomic E-state index is 12.4. The Morgan fingerprint density at radius 2 is 2.20 bits per heavy atom. The SMILES string of the molecule is CCCn1cc(C(=O)c2cc3cc(C)ccc3o2)cn1. The zero-order valence-corrected chi connectivity index (χ0v) is 11.6. The highest BCUT2D eigenvalue weighted by molar-refractivity contribution is 6.08. The van der Waals surface area contributed by atoms with Crippen LogP contribution in [0.4, 0.5) is 0 Å². The number of hydrogen-bond donors (Lipinski definition) is 0. The summed E-state index contributed by atoms with van der Waals surface area (Å²) in [5.74, 6) is 0.239. The van der Waals surface area contributed by atoms with Gasteiger partial charge in [0.1, 0.15) is 5.58 Å². The lowest BCUT2D eigenvalue weighted by Gasteiger charge is -1.94. The summed E-state index contributed by atoms with van der Waals surface area (Å²) in [6.07, 6.45) is 4.35. The monoisotopic (exact) mass is 268 g/mol. The van der Waals surface area contributed by atoms with Crippen LogP contribution in [-0.4, -0.2) is 15.6 Å². The van der Waals surface area contributed by atoms with Crippen molar-refractivity contribution in [3.63, 3.8) is 0 Å². The van der Waals surface area contributed by atoms with Crippen molar-refractivity contribution < 1.29 is 9.21 Å². The average Bonchev–Trinajstić information content (AvgIpc) is 3.04. The van der Waals surface area contributed by atoms with Crippen LogP contribution in [0, 0.1) is 6.92 Å². The second-order valence-electron chi connectivity index (χ2n) is 4.97. The largest absolute Gasteiger partial charge is 0.453 e. The number of furan rings is 1. The molecule has 4 nitrogen and oxygen atoms in total. The summed E-state index contributed by atoms with van der Waals surface area (Å²) in [6, 6.07) is 7.67. The number of aryl methyl sites for hydroxylation is 2. The molecule has 0 atom stereocenters. The molecule has 2 heterocycles. The Kier molecular flexibility index (Phi) is 3.14. The molecule has 4 heteroatoms. The highest BCUT2D eigenvalue weighted by atomic mass is 16.3. The lowest BCUT2D eigenvalue weighted by Crippen LogP contribution is -1.99. The zero-order chi connectivity index (χ0) is 14.1. The van der Waals surface area contributed by atoms with Crippen molar-refractivity contribution >= 4 is 16.8 Å². The van der Waals surface area contributed by atoms with Gasteiger partial charge in [-0.25, -0.2) is 0 Å². The lowest BCUT2D eigenvalue weighted by atomic mass is 10.1. The van der Waals surface area contributed by atoms with Gasteiger partial charge in [-0.05, 0) is 31.5 Å². The molecule has 2 aromatic heterocycles. The number of aromatic nitrogens is 2. The van der Waals surface area contributed by atoms with E-state index >= 15 is 0 Å². The van der Waals surface area contributed by atoms with Gasteiger partial charge in [0, 0.05) is 18.1 Å². The summed E-state index contributed by atoms with van der Waals surface area (Å²) in [5, 5.41) is 5.13. The number of fused-ring (bicyclic) bond motifs is 1. The molecule has 0 spiro atoms. The molecule has 3 aromatic rings. The molecule has 0 aliphatic heterocycles. The molecule has 0 amide bonds. The van der Waals surface area contributed by atoms with E-state index in [0.29, 0.717) is 11.3 Å². The van der Waals surface area contributed by atoms with Gasteiger partial charge in [0.2, 0.25) is 5.78 Å². The van der Waals surface area contributed by atoms with Crippen LogP contribution in [0.1, 0.15) is 35.0 Å². The average molecular weight is 268 g/mol. The van der Waals surface area contributed by atoms with Crippen molar-refractivity contribution in [2.45, 2.75) is 26.8 Å². The molecule has 102 valence electrons. The minimum atomic E-state index is -0.124. The fourth-order valence-electron chi connectivity index (χ4n) is 2.25. The number of benzene rings is 1. The van der Waals surface area contributed by atoms with E-state index in [1.54, 1.807) is 23.1 Å². The van der Waals surface area contributed by atoms with Gasteiger partial charge in [-0.3, -0.25) is 9.48 Å². The van der Waals surface area contributed by atoms with E-state index in [2.05, 4.69) is 12.0 Å². The first-order valence-electron chi connectivity index (χ1n) is 6.74. The van der Waals surface area contributed by atoms with E-state index in [4.69, 9.17) is 4.42 Å². The smallest absolute Gasteiger partial charge is 0.231 e. The van der Waals surface area contributed by atoms with Gasteiger partial charge in [-0.1, -0.05) is 18.6 Å². The van der Waals surface area contributed by atoms with Gasteiger partial charge in [0.15, 0.2) is 5.76 Å². The summed E-state index contributed by atoms with van der Waals surface area (Å²) in [7, 11) is 0. The molecule has 0 radical (unpaired) electrons. The topological polar surface area (TPSA) is 48.0 Å². The Morgan fingerprint density at radius 1 is 1.35 bits per heavy atom. The highest BCUT2D eigenvalue weighted by Gasteiger charge is 2.16. The van der Waals surface area contributed by atoms with E-state index in [-0.39, 0.29) is 5.78 Å². The fourth-order valence-corrected chi connectivity index (χ4v) is 2.25. The number of carbonyl (C=O) groups is 1. The Hall–Kier alpha value is -2.36. The molecule has 0 aliphatic carbocycles. The summed E-state index contributed by atoms with van der Waals surface area (Å²) in [6.45, 7) is 4.90. The van der Waals surface area contributed by atoms with Crippen LogP contribution in [0.5, 0.6) is 0 Å². The molecule has 20 heavy (non-hydrogen) atoms. The van der Waals surface area contributed by atoms with Gasteiger partial charge in [0.25, 0.3) is 0 Å². The van der Waals surface area contributed by atoms with Crippen LogP contribution in [0.3, 0.4) is 0 Å². The van der Waals surface area contributed by atoms with Crippen LogP contribution in [0.15, 0.2) is 41.1 Å². The molecule has 0 aliphatic rings. The third-order valence-corrected chi connectivity index (χ3v) is 3.24. The molecule has 0 fully saturated rings. The molecule has 1 aromatic carbocycles. The second kappa shape index (κ2) is 4.96. The summed E-state index contributed by atoms with van der Waals surface area (Å²) in [5.41, 5.74) is 2.45. The van der Waals surface area contributed by atoms with Gasteiger partial charge in [-0.2, -0.15) is 5.10 Å². The van der Waals surface area contributed by atoms with Gasteiger partial charge in [-0.15, -0.1) is 0 Å². The first-order chi connectivity index (χ1) is 9.67. The van der Waals surface area contributed by atoms with Crippen LogP contribution in [0.25, 0.3) is 11.0 Å². The van der Waals surface area contributed by atoms with E-state index in [1.807, 2.05) is 25.1 Å². The number of rotatable bonds is 4. The van der Waals surface area contributed by atoms with Crippen LogP contribution < -0.4 is 0 Å². The fraction of sp³-hybridized carbons (Fsp3) is 0.250. The summed E-state index contributed by atoms with van der Waals surface area (Å²) < 4.78 is 7.40. The van der Waals surface area contributed by atoms with Crippen molar-refractivity contribution in [3.05, 3.63) is 53.5 Å². The molecule has 0 bridgehead atoms. The molecule has 0 N–H and O–H groups in total. The molecular weight excluding hydrogens is 252 g/mol. The Balaban J connectivity index is 1.94. The van der Waals surface area contributed by atoms with E-state index in [0.717, 1.165) is 29.5 Å². The Labute approximate surface area is 117 Å². The molecule has 0 unspecified atom stereocenters. The second-order valence-corrected chi connectivity index (χ2v) is 4.97. The summed E-state index contributed by atoms with van der Waals surface area (Å²) in [4.78, 5) is 12.4. The predicted octanol–water partition coefficient (Wildman–Crippen LogP) is 3.58. The maximum absolute atomic E-state index is 12.4. The number of nitrogens with zero attached hydrogens (tertiary/aromatic N) is 2. The third kappa shape index (κ3) is 2.25. The minimum Gasteiger partial charge on any atom is -0.453 e. The Bertz CT molecular complexity index is 768. The van der Waals surface area contributed by atoms with Gasteiger partial charge in [0.05, 0.1) is 11.8 Å². The summed E-state index contributed by atoms with van der Waals surface area (Å²) >= 11 is 0. The molecule has 3 rings (SSSR count). The maximum Gasteiger partial charge on any atom is 0.231 e. The number of carbonyl (C=O) groups excluding carboxylic acids is 1. The third-order valence-electron chi connectivity index (χ3n) is 3.24. The standard InChI is InChI=1S/C16H16N2O2/c1-3-6-18-10-13(9-17-18)16(19)15-8-12-7-11(2)4-5-14(12)20-15/h4-5,7-10H,3,6H2,1-2H3. The van der Waals surface area contributed by atoms with E-state index < -0.39 is 0 Å². The van der Waals surface area contributed by atoms with E-state index in [1.165, 1.54) is 0 Å². The Morgan fingerprint density at radius 3 is 3.00 bits per heavy atom. The first-order valence-corrected chi connectivity index (χ1v) is 6.74. The van der Waals surface area contributed by atoms with Gasteiger partial charge >= 0.3 is 0 Å². The quantitative estimate of drug-likeness (QED) is 0.679. The molecule has 0 saturated heterocycles. The van der Waals surface area contributed by atoms with Crippen molar-refractivity contribution in [1.29, 1.82) is 0 Å². The van der Waals surface area contributed by atoms with Gasteiger partial charge < -0.3 is 4.42 Å². The van der Waals surface area contributed by atoms with Crippen LogP contribution in [0.2, 0.25) is 0 Å². The van der Waals surface area contributed by atoms with Crippen molar-refractivity contribution in [3.8, 4) is 0 Å². The van der Waals surface area contributed by atoms with Crippen molar-refractivity contribution in [2.24, 2.45) is 0 Å². The molecule has 0 saturated carbocycles. The first kappa shape index (κ1) is 12.7. The predicted molar refractivity (Wildman–Crippen MR) is 76.9 cm³/mol. The normalized spacial score (nSPS) is 11.1. The lowest BCUT2D eigenvalue weighted by molar-refractivity contribution is 0.101. The van der Waals surface area contributed by atoms with Crippen LogP contribution in [-0.2, 0) is 6.54 Å². The number of hydrogen-bond acceptors (Lipinski definition) is 3. The highest BCUT2D eigenvalue weighted by Crippen LogP contribution is 2.22. The van der Waals surface area contributed by atoms with E-state index in [9.17, 15) is 4.79 Å². The number of ketones is 1. The zero-order valence-electron chi connectivity index (χ0n) is 11.6.